The molecule has 3 aromatic rings. The van der Waals surface area contributed by atoms with Gasteiger partial charge in [-0.3, -0.25) is 5.32 Å². The molecule has 1 aliphatic heterocycles. The van der Waals surface area contributed by atoms with Crippen LogP contribution in [0.2, 0.25) is 0 Å². The summed E-state index contributed by atoms with van der Waals surface area (Å²) in [7, 11) is -3.74. The normalized spacial score (nSPS) is 14.7. The van der Waals surface area contributed by atoms with Gasteiger partial charge in [-0.25, -0.2) is 13.2 Å². The van der Waals surface area contributed by atoms with E-state index in [9.17, 15) is 13.2 Å². The highest BCUT2D eigenvalue weighted by Gasteiger charge is 2.33. The summed E-state index contributed by atoms with van der Waals surface area (Å²) in [6, 6.07) is 15.0. The molecule has 9 heteroatoms. The third-order valence-corrected chi connectivity index (χ3v) is 7.86. The van der Waals surface area contributed by atoms with Crippen LogP contribution in [0.1, 0.15) is 24.8 Å². The molecule has 2 amide bonds. The van der Waals surface area contributed by atoms with E-state index >= 15 is 0 Å². The van der Waals surface area contributed by atoms with Crippen molar-refractivity contribution in [3.63, 3.8) is 0 Å². The van der Waals surface area contributed by atoms with Gasteiger partial charge in [-0.1, -0.05) is 46.3 Å². The molecule has 2 heterocycles. The van der Waals surface area contributed by atoms with Crippen LogP contribution in [-0.4, -0.2) is 43.4 Å². The number of H-pyrrole nitrogens is 1. The molecule has 0 unspecified atom stereocenters. The number of rotatable bonds is 7. The molecule has 7 nitrogen and oxygen atoms in total. The van der Waals surface area contributed by atoms with E-state index in [0.717, 1.165) is 30.2 Å². The Bertz CT molecular complexity index is 1170. The van der Waals surface area contributed by atoms with Crippen molar-refractivity contribution in [2.45, 2.75) is 30.6 Å². The molecule has 164 valence electrons. The number of carbonyl (C=O) groups is 1. The SMILES string of the molecule is O=C(NCCCc1ccccc1)Nc1[nH]c2ccc(Br)cc2c1S(=O)(=O)N1CCCC1. The molecule has 31 heavy (non-hydrogen) atoms. The number of hydrogen-bond acceptors (Lipinski definition) is 3. The molecule has 1 aliphatic rings. The Morgan fingerprint density at radius 3 is 2.58 bits per heavy atom. The topological polar surface area (TPSA) is 94.3 Å². The van der Waals surface area contributed by atoms with Crippen molar-refractivity contribution in [1.82, 2.24) is 14.6 Å². The summed E-state index contributed by atoms with van der Waals surface area (Å²) in [6.07, 6.45) is 3.33. The predicted octanol–water partition coefficient (Wildman–Crippen LogP) is 4.47. The van der Waals surface area contributed by atoms with Crippen LogP contribution < -0.4 is 10.6 Å². The van der Waals surface area contributed by atoms with Gasteiger partial charge in [-0.15, -0.1) is 0 Å². The lowest BCUT2D eigenvalue weighted by Gasteiger charge is -2.16. The van der Waals surface area contributed by atoms with Gasteiger partial charge in [0.2, 0.25) is 10.0 Å². The number of nitrogens with zero attached hydrogens (tertiary/aromatic N) is 1. The zero-order chi connectivity index (χ0) is 21.8. The Hall–Kier alpha value is -2.36. The van der Waals surface area contributed by atoms with E-state index in [-0.39, 0.29) is 10.7 Å². The lowest BCUT2D eigenvalue weighted by molar-refractivity contribution is 0.252. The number of urea groups is 1. The first kappa shape index (κ1) is 21.9. The first-order valence-corrected chi connectivity index (χ1v) is 12.6. The van der Waals surface area contributed by atoms with Gasteiger partial charge >= 0.3 is 6.03 Å². The molecule has 0 aliphatic carbocycles. The van der Waals surface area contributed by atoms with E-state index in [1.165, 1.54) is 9.87 Å². The van der Waals surface area contributed by atoms with Gasteiger partial charge < -0.3 is 10.3 Å². The third-order valence-electron chi connectivity index (χ3n) is 5.39. The Labute approximate surface area is 190 Å². The summed E-state index contributed by atoms with van der Waals surface area (Å²) < 4.78 is 29.0. The molecule has 0 spiro atoms. The molecule has 1 fully saturated rings. The number of fused-ring (bicyclic) bond motifs is 1. The number of aromatic amines is 1. The Balaban J connectivity index is 1.51. The van der Waals surface area contributed by atoms with Crippen LogP contribution in [0, 0.1) is 0 Å². The fourth-order valence-electron chi connectivity index (χ4n) is 3.85. The molecular formula is C22H25BrN4O3S. The fraction of sp³-hybridized carbons (Fsp3) is 0.318. The maximum atomic E-state index is 13.4. The maximum Gasteiger partial charge on any atom is 0.320 e. The molecule has 0 saturated carbocycles. The summed E-state index contributed by atoms with van der Waals surface area (Å²) in [5.41, 5.74) is 1.87. The standard InChI is InChI=1S/C22H25BrN4O3S/c23-17-10-11-19-18(15-17)20(31(29,30)27-13-4-5-14-27)21(25-19)26-22(28)24-12-6-9-16-7-2-1-3-8-16/h1-3,7-8,10-11,15,25H,4-6,9,12-14H2,(H2,24,26,28). The van der Waals surface area contributed by atoms with Gasteiger partial charge in [-0.2, -0.15) is 4.31 Å². The van der Waals surface area contributed by atoms with Crippen molar-refractivity contribution in [3.05, 3.63) is 58.6 Å². The number of hydrogen-bond donors (Lipinski definition) is 3. The molecule has 1 saturated heterocycles. The average molecular weight is 505 g/mol. The first-order valence-electron chi connectivity index (χ1n) is 10.4. The highest BCUT2D eigenvalue weighted by Crippen LogP contribution is 2.35. The number of sulfonamides is 1. The minimum Gasteiger partial charge on any atom is -0.340 e. The van der Waals surface area contributed by atoms with E-state index in [2.05, 4.69) is 43.7 Å². The number of aromatic nitrogens is 1. The van der Waals surface area contributed by atoms with E-state index in [1.54, 1.807) is 12.1 Å². The van der Waals surface area contributed by atoms with E-state index in [0.29, 0.717) is 30.5 Å². The lowest BCUT2D eigenvalue weighted by atomic mass is 10.1. The summed E-state index contributed by atoms with van der Waals surface area (Å²) >= 11 is 3.42. The predicted molar refractivity (Wildman–Crippen MR) is 126 cm³/mol. The Morgan fingerprint density at radius 1 is 1.10 bits per heavy atom. The van der Waals surface area contributed by atoms with Gasteiger partial charge in [-0.05, 0) is 49.4 Å². The number of aryl methyl sites for hydroxylation is 1. The number of anilines is 1. The second kappa shape index (κ2) is 9.42. The van der Waals surface area contributed by atoms with Crippen LogP contribution in [0.3, 0.4) is 0 Å². The van der Waals surface area contributed by atoms with Crippen molar-refractivity contribution in [2.24, 2.45) is 0 Å². The molecule has 2 aromatic carbocycles. The summed E-state index contributed by atoms with van der Waals surface area (Å²) in [5.74, 6) is 0.195. The van der Waals surface area contributed by atoms with Gasteiger partial charge in [0.25, 0.3) is 0 Å². The molecule has 0 radical (unpaired) electrons. The van der Waals surface area contributed by atoms with Crippen LogP contribution in [0.5, 0.6) is 0 Å². The van der Waals surface area contributed by atoms with Crippen LogP contribution in [0.4, 0.5) is 10.6 Å². The van der Waals surface area contributed by atoms with Gasteiger partial charge in [0.15, 0.2) is 0 Å². The highest BCUT2D eigenvalue weighted by molar-refractivity contribution is 9.10. The van der Waals surface area contributed by atoms with Crippen molar-refractivity contribution in [3.8, 4) is 0 Å². The lowest BCUT2D eigenvalue weighted by Crippen LogP contribution is -2.32. The number of halogens is 1. The molecule has 4 rings (SSSR count). The van der Waals surface area contributed by atoms with Crippen molar-refractivity contribution in [2.75, 3.05) is 25.0 Å². The zero-order valence-corrected chi connectivity index (χ0v) is 19.4. The first-order chi connectivity index (χ1) is 14.9. The van der Waals surface area contributed by atoms with Crippen LogP contribution in [0.25, 0.3) is 10.9 Å². The highest BCUT2D eigenvalue weighted by atomic mass is 79.9. The van der Waals surface area contributed by atoms with E-state index in [4.69, 9.17) is 0 Å². The Kier molecular flexibility index (Phi) is 6.64. The van der Waals surface area contributed by atoms with E-state index < -0.39 is 16.1 Å². The second-order valence-corrected chi connectivity index (χ2v) is 10.4. The summed E-state index contributed by atoms with van der Waals surface area (Å²) in [6.45, 7) is 1.48. The van der Waals surface area contributed by atoms with Crippen molar-refractivity contribution < 1.29 is 13.2 Å². The number of amides is 2. The Morgan fingerprint density at radius 2 is 1.84 bits per heavy atom. The average Bonchev–Trinajstić information content (AvgIpc) is 3.40. The summed E-state index contributed by atoms with van der Waals surface area (Å²) in [4.78, 5) is 15.7. The minimum absolute atomic E-state index is 0.116. The van der Waals surface area contributed by atoms with Gasteiger partial charge in [0.1, 0.15) is 10.7 Å². The zero-order valence-electron chi connectivity index (χ0n) is 17.0. The molecular weight excluding hydrogens is 480 g/mol. The molecule has 0 atom stereocenters. The largest absolute Gasteiger partial charge is 0.340 e. The fourth-order valence-corrected chi connectivity index (χ4v) is 6.01. The molecule has 0 bridgehead atoms. The van der Waals surface area contributed by atoms with Gasteiger partial charge in [0.05, 0.1) is 0 Å². The minimum atomic E-state index is -3.74. The third kappa shape index (κ3) is 4.94. The smallest absolute Gasteiger partial charge is 0.320 e. The number of nitrogens with one attached hydrogen (secondary N) is 3. The van der Waals surface area contributed by atoms with E-state index in [1.807, 2.05) is 24.3 Å². The molecule has 3 N–H and O–H groups in total. The number of carbonyl (C=O) groups excluding carboxylic acids is 1. The summed E-state index contributed by atoms with van der Waals surface area (Å²) in [5, 5.41) is 6.09. The van der Waals surface area contributed by atoms with Crippen molar-refractivity contribution >= 4 is 48.7 Å². The molecule has 1 aromatic heterocycles. The number of benzene rings is 2. The van der Waals surface area contributed by atoms with Gasteiger partial charge in [0, 0.05) is 35.0 Å². The quantitative estimate of drug-likeness (QED) is 0.414. The maximum absolute atomic E-state index is 13.4. The monoisotopic (exact) mass is 504 g/mol. The van der Waals surface area contributed by atoms with Crippen LogP contribution in [0.15, 0.2) is 57.9 Å². The van der Waals surface area contributed by atoms with Crippen LogP contribution >= 0.6 is 15.9 Å². The van der Waals surface area contributed by atoms with Crippen LogP contribution in [-0.2, 0) is 16.4 Å². The second-order valence-electron chi connectivity index (χ2n) is 7.60. The van der Waals surface area contributed by atoms with Crippen molar-refractivity contribution in [1.29, 1.82) is 0 Å².